The first-order valence-corrected chi connectivity index (χ1v) is 5.32. The Morgan fingerprint density at radius 2 is 2.18 bits per heavy atom. The molecule has 0 saturated heterocycles. The van der Waals surface area contributed by atoms with Crippen LogP contribution in [0.3, 0.4) is 0 Å². The van der Waals surface area contributed by atoms with Gasteiger partial charge in [0, 0.05) is 0 Å². The highest BCUT2D eigenvalue weighted by atomic mass is 32.1. The summed E-state index contributed by atoms with van der Waals surface area (Å²) in [6.07, 6.45) is 10.5. The van der Waals surface area contributed by atoms with Crippen LogP contribution in [-0.2, 0) is 0 Å². The van der Waals surface area contributed by atoms with Crippen molar-refractivity contribution in [1.29, 1.82) is 0 Å². The second-order valence-electron chi connectivity index (χ2n) is 3.91. The van der Waals surface area contributed by atoms with Gasteiger partial charge in [0.15, 0.2) is 0 Å². The number of thiol groups is 1. The maximum absolute atomic E-state index is 4.25. The van der Waals surface area contributed by atoms with Crippen LogP contribution in [0, 0.1) is 17.8 Å². The summed E-state index contributed by atoms with van der Waals surface area (Å²) in [5, 5.41) is 0. The summed E-state index contributed by atoms with van der Waals surface area (Å²) in [6.45, 7) is 0. The van der Waals surface area contributed by atoms with Crippen LogP contribution in [-0.4, -0.2) is 5.75 Å². The molecule has 3 atom stereocenters. The summed E-state index contributed by atoms with van der Waals surface area (Å²) >= 11 is 4.25. The van der Waals surface area contributed by atoms with Gasteiger partial charge in [-0.3, -0.25) is 0 Å². The monoisotopic (exact) mass is 168 g/mol. The Morgan fingerprint density at radius 3 is 2.73 bits per heavy atom. The van der Waals surface area contributed by atoms with E-state index < -0.39 is 0 Å². The molecule has 0 aromatic rings. The van der Waals surface area contributed by atoms with Crippen LogP contribution in [0.2, 0.25) is 0 Å². The fourth-order valence-corrected chi connectivity index (χ4v) is 2.76. The van der Waals surface area contributed by atoms with E-state index in [9.17, 15) is 0 Å². The van der Waals surface area contributed by atoms with Crippen LogP contribution < -0.4 is 0 Å². The summed E-state index contributed by atoms with van der Waals surface area (Å²) in [4.78, 5) is 0. The molecular weight excluding hydrogens is 152 g/mol. The molecule has 1 fully saturated rings. The highest BCUT2D eigenvalue weighted by molar-refractivity contribution is 7.80. The lowest BCUT2D eigenvalue weighted by Crippen LogP contribution is -2.06. The Bertz CT molecular complexity index is 162. The van der Waals surface area contributed by atoms with Gasteiger partial charge >= 0.3 is 0 Å². The summed E-state index contributed by atoms with van der Waals surface area (Å²) in [5.74, 6) is 3.97. The minimum atomic E-state index is 0.944. The van der Waals surface area contributed by atoms with E-state index in [1.165, 1.54) is 25.7 Å². The summed E-state index contributed by atoms with van der Waals surface area (Å²) in [7, 11) is 0. The normalized spacial score (nSPS) is 40.3. The molecule has 1 heteroatoms. The zero-order chi connectivity index (χ0) is 7.68. The average molecular weight is 168 g/mol. The van der Waals surface area contributed by atoms with Gasteiger partial charge in [-0.15, -0.1) is 0 Å². The van der Waals surface area contributed by atoms with Crippen LogP contribution in [0.15, 0.2) is 12.2 Å². The van der Waals surface area contributed by atoms with Gasteiger partial charge in [-0.05, 0) is 49.2 Å². The molecule has 62 valence electrons. The summed E-state index contributed by atoms with van der Waals surface area (Å²) in [5.41, 5.74) is 0. The van der Waals surface area contributed by atoms with Crippen molar-refractivity contribution >= 4 is 12.6 Å². The number of hydrogen-bond acceptors (Lipinski definition) is 1. The predicted molar refractivity (Wildman–Crippen MR) is 51.9 cm³/mol. The Kier molecular flexibility index (Phi) is 2.26. The van der Waals surface area contributed by atoms with E-state index in [4.69, 9.17) is 0 Å². The second kappa shape index (κ2) is 3.22. The van der Waals surface area contributed by atoms with Crippen LogP contribution in [0.1, 0.15) is 25.7 Å². The van der Waals surface area contributed by atoms with Crippen molar-refractivity contribution in [2.24, 2.45) is 17.8 Å². The van der Waals surface area contributed by atoms with Gasteiger partial charge in [0.05, 0.1) is 0 Å². The Hall–Kier alpha value is 0.0900. The van der Waals surface area contributed by atoms with Crippen molar-refractivity contribution < 1.29 is 0 Å². The molecule has 0 nitrogen and oxygen atoms in total. The highest BCUT2D eigenvalue weighted by Gasteiger charge is 2.34. The van der Waals surface area contributed by atoms with Crippen molar-refractivity contribution in [3.63, 3.8) is 0 Å². The lowest BCUT2D eigenvalue weighted by Gasteiger charge is -2.16. The topological polar surface area (TPSA) is 0 Å². The fourth-order valence-electron chi connectivity index (χ4n) is 2.58. The molecule has 0 aromatic heterocycles. The molecule has 0 aliphatic heterocycles. The molecule has 11 heavy (non-hydrogen) atoms. The van der Waals surface area contributed by atoms with Crippen molar-refractivity contribution in [2.45, 2.75) is 25.7 Å². The zero-order valence-electron chi connectivity index (χ0n) is 6.87. The lowest BCUT2D eigenvalue weighted by atomic mass is 9.90. The first-order chi connectivity index (χ1) is 5.40. The molecule has 2 bridgehead atoms. The largest absolute Gasteiger partial charge is 0.179 e. The van der Waals surface area contributed by atoms with E-state index in [2.05, 4.69) is 24.8 Å². The molecule has 1 saturated carbocycles. The molecule has 2 aliphatic rings. The van der Waals surface area contributed by atoms with Crippen LogP contribution in [0.5, 0.6) is 0 Å². The average Bonchev–Trinajstić information content (AvgIpc) is 2.60. The Labute approximate surface area is 74.5 Å². The molecular formula is C10H16S. The van der Waals surface area contributed by atoms with Crippen LogP contribution in [0.4, 0.5) is 0 Å². The number of rotatable bonds is 3. The maximum Gasteiger partial charge on any atom is -0.00978 e. The maximum atomic E-state index is 4.25. The van der Waals surface area contributed by atoms with Crippen molar-refractivity contribution in [3.05, 3.63) is 12.2 Å². The Morgan fingerprint density at radius 1 is 1.27 bits per heavy atom. The van der Waals surface area contributed by atoms with Gasteiger partial charge in [-0.1, -0.05) is 12.2 Å². The molecule has 0 N–H and O–H groups in total. The quantitative estimate of drug-likeness (QED) is 0.486. The number of hydrogen-bond donors (Lipinski definition) is 1. The van der Waals surface area contributed by atoms with Gasteiger partial charge in [-0.25, -0.2) is 0 Å². The Balaban J connectivity index is 1.84. The molecule has 2 rings (SSSR count). The van der Waals surface area contributed by atoms with E-state index in [0.717, 1.165) is 23.5 Å². The van der Waals surface area contributed by atoms with E-state index >= 15 is 0 Å². The molecule has 2 aliphatic carbocycles. The van der Waals surface area contributed by atoms with E-state index in [1.807, 2.05) is 0 Å². The van der Waals surface area contributed by atoms with Gasteiger partial charge in [0.2, 0.25) is 0 Å². The van der Waals surface area contributed by atoms with Gasteiger partial charge in [-0.2, -0.15) is 12.6 Å². The first-order valence-electron chi connectivity index (χ1n) is 4.69. The van der Waals surface area contributed by atoms with Crippen LogP contribution >= 0.6 is 12.6 Å². The molecule has 0 heterocycles. The predicted octanol–water partition coefficient (Wildman–Crippen LogP) is 2.91. The van der Waals surface area contributed by atoms with Crippen molar-refractivity contribution in [2.75, 3.05) is 5.75 Å². The highest BCUT2D eigenvalue weighted by Crippen LogP contribution is 2.45. The third-order valence-electron chi connectivity index (χ3n) is 3.15. The van der Waals surface area contributed by atoms with Gasteiger partial charge in [0.1, 0.15) is 0 Å². The molecule has 3 unspecified atom stereocenters. The summed E-state index contributed by atoms with van der Waals surface area (Å²) in [6, 6.07) is 0. The molecule has 0 radical (unpaired) electrons. The number of allylic oxidation sites excluding steroid dienone is 2. The van der Waals surface area contributed by atoms with Gasteiger partial charge < -0.3 is 0 Å². The van der Waals surface area contributed by atoms with Crippen molar-refractivity contribution in [3.8, 4) is 0 Å². The van der Waals surface area contributed by atoms with E-state index in [1.54, 1.807) is 0 Å². The molecule has 0 spiro atoms. The molecule has 0 aromatic carbocycles. The third-order valence-corrected chi connectivity index (χ3v) is 3.47. The van der Waals surface area contributed by atoms with Crippen LogP contribution in [0.25, 0.3) is 0 Å². The van der Waals surface area contributed by atoms with E-state index in [0.29, 0.717) is 0 Å². The zero-order valence-corrected chi connectivity index (χ0v) is 7.76. The second-order valence-corrected chi connectivity index (χ2v) is 4.35. The van der Waals surface area contributed by atoms with E-state index in [-0.39, 0.29) is 0 Å². The summed E-state index contributed by atoms with van der Waals surface area (Å²) < 4.78 is 0. The first kappa shape index (κ1) is 7.72. The third kappa shape index (κ3) is 1.48. The minimum Gasteiger partial charge on any atom is -0.179 e. The SMILES string of the molecule is SCCCC1CC2C=CC1C2. The number of fused-ring (bicyclic) bond motifs is 2. The standard InChI is InChI=1S/C10H16S/c11-5-1-2-9-6-8-3-4-10(9)7-8/h3-4,8-11H,1-2,5-7H2. The molecule has 0 amide bonds. The smallest absolute Gasteiger partial charge is 0.00978 e. The van der Waals surface area contributed by atoms with Crippen molar-refractivity contribution in [1.82, 2.24) is 0 Å². The minimum absolute atomic E-state index is 0.944. The lowest BCUT2D eigenvalue weighted by molar-refractivity contribution is 0.413. The van der Waals surface area contributed by atoms with Gasteiger partial charge in [0.25, 0.3) is 0 Å². The fraction of sp³-hybridized carbons (Fsp3) is 0.800.